The van der Waals surface area contributed by atoms with Crippen LogP contribution >= 0.6 is 0 Å². The molecule has 1 atom stereocenters. The van der Waals surface area contributed by atoms with Gasteiger partial charge in [0.2, 0.25) is 5.60 Å². The molecule has 0 aliphatic rings. The van der Waals surface area contributed by atoms with Gasteiger partial charge in [-0.25, -0.2) is 4.79 Å². The molecule has 0 bridgehead atoms. The molecule has 0 fully saturated rings. The number of halogens is 3. The number of hydrogen-bond donors (Lipinski definition) is 2. The maximum atomic E-state index is 12.4. The molecule has 0 heterocycles. The fourth-order valence-electron chi connectivity index (χ4n) is 2.04. The minimum atomic E-state index is -5.93. The van der Waals surface area contributed by atoms with Crippen molar-refractivity contribution in [1.29, 1.82) is 0 Å². The van der Waals surface area contributed by atoms with Gasteiger partial charge in [-0.2, -0.15) is 21.6 Å². The van der Waals surface area contributed by atoms with Crippen molar-refractivity contribution >= 4 is 16.1 Å². The van der Waals surface area contributed by atoms with Crippen molar-refractivity contribution in [3.8, 4) is 5.75 Å². The quantitative estimate of drug-likeness (QED) is 0.613. The largest absolute Gasteiger partial charge is 0.534 e. The molecular formula is C15H11F3O6S. The lowest BCUT2D eigenvalue weighted by atomic mass is 9.86. The number of carbonyl (C=O) groups is 1. The fourth-order valence-corrected chi connectivity index (χ4v) is 2.49. The summed E-state index contributed by atoms with van der Waals surface area (Å²) >= 11 is 0. The summed E-state index contributed by atoms with van der Waals surface area (Å²) in [6.45, 7) is 0. The Balaban J connectivity index is 2.51. The van der Waals surface area contributed by atoms with E-state index in [4.69, 9.17) is 0 Å². The van der Waals surface area contributed by atoms with Crippen LogP contribution in [0.1, 0.15) is 11.1 Å². The molecule has 0 amide bonds. The summed E-state index contributed by atoms with van der Waals surface area (Å²) in [7, 11) is -5.93. The minimum absolute atomic E-state index is 0.0710. The van der Waals surface area contributed by atoms with Gasteiger partial charge in [-0.1, -0.05) is 42.5 Å². The summed E-state index contributed by atoms with van der Waals surface area (Å²) in [6.07, 6.45) is 0. The molecule has 0 spiro atoms. The molecule has 25 heavy (non-hydrogen) atoms. The topological polar surface area (TPSA) is 101 Å². The maximum absolute atomic E-state index is 12.4. The zero-order valence-corrected chi connectivity index (χ0v) is 13.1. The average Bonchev–Trinajstić information content (AvgIpc) is 2.53. The van der Waals surface area contributed by atoms with Crippen molar-refractivity contribution in [3.63, 3.8) is 0 Å². The second kappa shape index (κ2) is 6.37. The predicted molar refractivity (Wildman–Crippen MR) is 79.1 cm³/mol. The smallest absolute Gasteiger partial charge is 0.479 e. The molecular weight excluding hydrogens is 365 g/mol. The molecule has 0 radical (unpaired) electrons. The highest BCUT2D eigenvalue weighted by atomic mass is 32.2. The van der Waals surface area contributed by atoms with Crippen molar-refractivity contribution in [2.75, 3.05) is 0 Å². The Hall–Kier alpha value is -2.59. The lowest BCUT2D eigenvalue weighted by Gasteiger charge is -2.24. The highest BCUT2D eigenvalue weighted by Gasteiger charge is 2.49. The Morgan fingerprint density at radius 2 is 1.52 bits per heavy atom. The highest BCUT2D eigenvalue weighted by molar-refractivity contribution is 7.88. The van der Waals surface area contributed by atoms with Crippen LogP contribution in [0.5, 0.6) is 5.75 Å². The van der Waals surface area contributed by atoms with Crippen LogP contribution in [0.25, 0.3) is 0 Å². The number of aliphatic carboxylic acids is 1. The standard InChI is InChI=1S/C15H11F3O6S/c16-15(17,18)25(22,23)24-12-8-4-7-11(9-12)14(21,13(19)20)10-5-2-1-3-6-10/h1-9,21H,(H,19,20). The van der Waals surface area contributed by atoms with Crippen molar-refractivity contribution in [1.82, 2.24) is 0 Å². The van der Waals surface area contributed by atoms with E-state index in [0.717, 1.165) is 18.2 Å². The molecule has 0 aliphatic heterocycles. The van der Waals surface area contributed by atoms with Gasteiger partial charge in [-0.15, -0.1) is 0 Å². The first-order valence-electron chi connectivity index (χ1n) is 6.61. The average molecular weight is 376 g/mol. The number of rotatable bonds is 5. The zero-order valence-electron chi connectivity index (χ0n) is 12.3. The Labute approximate surface area is 140 Å². The first-order chi connectivity index (χ1) is 11.5. The van der Waals surface area contributed by atoms with Crippen LogP contribution in [-0.4, -0.2) is 30.1 Å². The fraction of sp³-hybridized carbons (Fsp3) is 0.133. The molecule has 134 valence electrons. The maximum Gasteiger partial charge on any atom is 0.534 e. The van der Waals surface area contributed by atoms with E-state index in [1.54, 1.807) is 6.07 Å². The van der Waals surface area contributed by atoms with E-state index >= 15 is 0 Å². The van der Waals surface area contributed by atoms with Crippen molar-refractivity contribution < 1.29 is 40.8 Å². The summed E-state index contributed by atoms with van der Waals surface area (Å²) in [4.78, 5) is 11.6. The Morgan fingerprint density at radius 3 is 2.04 bits per heavy atom. The van der Waals surface area contributed by atoms with E-state index in [1.807, 2.05) is 0 Å². The lowest BCUT2D eigenvalue weighted by Crippen LogP contribution is -2.36. The first-order valence-corrected chi connectivity index (χ1v) is 8.02. The Kier molecular flexibility index (Phi) is 4.78. The summed E-state index contributed by atoms with van der Waals surface area (Å²) in [5, 5.41) is 20.0. The van der Waals surface area contributed by atoms with E-state index in [-0.39, 0.29) is 11.1 Å². The van der Waals surface area contributed by atoms with Crippen LogP contribution in [0.3, 0.4) is 0 Å². The van der Waals surface area contributed by atoms with Crippen molar-refractivity contribution in [2.24, 2.45) is 0 Å². The monoisotopic (exact) mass is 376 g/mol. The molecule has 0 aliphatic carbocycles. The third kappa shape index (κ3) is 3.59. The first kappa shape index (κ1) is 18.7. The highest BCUT2D eigenvalue weighted by Crippen LogP contribution is 2.33. The van der Waals surface area contributed by atoms with Gasteiger partial charge < -0.3 is 14.4 Å². The molecule has 10 heteroatoms. The molecule has 0 saturated heterocycles. The van der Waals surface area contributed by atoms with E-state index in [2.05, 4.69) is 4.18 Å². The minimum Gasteiger partial charge on any atom is -0.479 e. The van der Waals surface area contributed by atoms with Crippen molar-refractivity contribution in [3.05, 3.63) is 65.7 Å². The summed E-state index contributed by atoms with van der Waals surface area (Å²) < 4.78 is 63.3. The molecule has 6 nitrogen and oxygen atoms in total. The zero-order chi connectivity index (χ0) is 18.9. The molecule has 2 N–H and O–H groups in total. The van der Waals surface area contributed by atoms with E-state index < -0.39 is 32.9 Å². The van der Waals surface area contributed by atoms with Gasteiger partial charge in [0.05, 0.1) is 0 Å². The molecule has 2 rings (SSSR count). The molecule has 0 saturated carbocycles. The number of aliphatic hydroxyl groups is 1. The third-order valence-electron chi connectivity index (χ3n) is 3.24. The van der Waals surface area contributed by atoms with E-state index in [1.165, 1.54) is 24.3 Å². The van der Waals surface area contributed by atoms with Gasteiger partial charge in [-0.3, -0.25) is 0 Å². The van der Waals surface area contributed by atoms with Crippen LogP contribution in [-0.2, 0) is 20.5 Å². The second-order valence-corrected chi connectivity index (χ2v) is 6.43. The normalized spacial score (nSPS) is 14.6. The summed E-state index contributed by atoms with van der Waals surface area (Å²) in [5.41, 5.74) is -8.70. The lowest BCUT2D eigenvalue weighted by molar-refractivity contribution is -0.155. The van der Waals surface area contributed by atoms with Crippen molar-refractivity contribution in [2.45, 2.75) is 11.1 Å². The third-order valence-corrected chi connectivity index (χ3v) is 4.22. The second-order valence-electron chi connectivity index (χ2n) is 4.89. The van der Waals surface area contributed by atoms with Crippen LogP contribution in [0.15, 0.2) is 54.6 Å². The molecule has 2 aromatic carbocycles. The van der Waals surface area contributed by atoms with Crippen LogP contribution in [0, 0.1) is 0 Å². The van der Waals surface area contributed by atoms with Gasteiger partial charge >= 0.3 is 21.6 Å². The summed E-state index contributed by atoms with van der Waals surface area (Å²) in [6, 6.07) is 10.9. The van der Waals surface area contributed by atoms with Gasteiger partial charge in [-0.05, 0) is 17.7 Å². The van der Waals surface area contributed by atoms with E-state index in [0.29, 0.717) is 6.07 Å². The number of alkyl halides is 3. The summed E-state index contributed by atoms with van der Waals surface area (Å²) in [5.74, 6) is -2.49. The molecule has 1 unspecified atom stereocenters. The van der Waals surface area contributed by atoms with E-state index in [9.17, 15) is 36.6 Å². The SMILES string of the molecule is O=C(O)C(O)(c1ccccc1)c1cccc(OS(=O)(=O)C(F)(F)F)c1. The number of benzene rings is 2. The van der Waals surface area contributed by atoms with Crippen LogP contribution < -0.4 is 4.18 Å². The van der Waals surface area contributed by atoms with Gasteiger partial charge in [0.15, 0.2) is 0 Å². The Morgan fingerprint density at radius 1 is 0.960 bits per heavy atom. The molecule has 2 aromatic rings. The van der Waals surface area contributed by atoms with Crippen LogP contribution in [0.4, 0.5) is 13.2 Å². The number of carboxylic acids is 1. The van der Waals surface area contributed by atoms with Gasteiger partial charge in [0.1, 0.15) is 5.75 Å². The predicted octanol–water partition coefficient (Wildman–Crippen LogP) is 2.24. The van der Waals surface area contributed by atoms with Crippen LogP contribution in [0.2, 0.25) is 0 Å². The van der Waals surface area contributed by atoms with Gasteiger partial charge in [0, 0.05) is 5.56 Å². The Bertz CT molecular complexity index is 880. The molecule has 0 aromatic heterocycles. The number of carboxylic acid groups (broad SMARTS) is 1. The van der Waals surface area contributed by atoms with Gasteiger partial charge in [0.25, 0.3) is 0 Å². The number of hydrogen-bond acceptors (Lipinski definition) is 5.